The predicted molar refractivity (Wildman–Crippen MR) is 28.4 cm³/mol. The Balaban J connectivity index is 2.18. The van der Waals surface area contributed by atoms with Gasteiger partial charge in [-0.05, 0) is 0 Å². The van der Waals surface area contributed by atoms with Crippen LogP contribution in [-0.2, 0) is 9.53 Å². The largest absolute Gasteiger partial charge is 0.378 e. The van der Waals surface area contributed by atoms with Crippen molar-refractivity contribution in [3.63, 3.8) is 0 Å². The van der Waals surface area contributed by atoms with E-state index < -0.39 is 7.04 Å². The van der Waals surface area contributed by atoms with Crippen LogP contribution in [0.3, 0.4) is 0 Å². The molecule has 1 saturated heterocycles. The minimum absolute atomic E-state index is 0.312. The van der Waals surface area contributed by atoms with E-state index >= 15 is 0 Å². The number of rotatable bonds is 2. The van der Waals surface area contributed by atoms with Crippen LogP contribution in [0.4, 0.5) is 0 Å². The molecule has 8 heavy (non-hydrogen) atoms. The molecule has 0 spiro atoms. The van der Waals surface area contributed by atoms with Gasteiger partial charge in [0, 0.05) is 20.1 Å². The second-order valence-corrected chi connectivity index (χ2v) is 1.80. The van der Waals surface area contributed by atoms with Crippen molar-refractivity contribution in [1.29, 1.82) is 0 Å². The quantitative estimate of drug-likeness (QED) is 0.456. The van der Waals surface area contributed by atoms with Gasteiger partial charge in [0.05, 0.1) is 10.2 Å². The fraction of sp³-hybridized carbons (Fsp3) is 0.800. The molecule has 1 aliphatic heterocycles. The standard InChI is InChI=1S/C5H9NO2/c1-8-5-2-6(3-5)4-7/h4-5H,2-3H2,1H3/i1D3. The van der Waals surface area contributed by atoms with E-state index in [2.05, 4.69) is 4.74 Å². The highest BCUT2D eigenvalue weighted by Gasteiger charge is 2.23. The second kappa shape index (κ2) is 2.13. The number of ether oxygens (including phenoxy) is 1. The van der Waals surface area contributed by atoms with Crippen LogP contribution in [0.5, 0.6) is 0 Å². The summed E-state index contributed by atoms with van der Waals surface area (Å²) in [6, 6.07) is 0. The van der Waals surface area contributed by atoms with Gasteiger partial charge >= 0.3 is 0 Å². The number of carbonyl (C=O) groups is 1. The van der Waals surface area contributed by atoms with Crippen LogP contribution in [0.1, 0.15) is 4.11 Å². The molecule has 0 N–H and O–H groups in total. The zero-order valence-electron chi connectivity index (χ0n) is 7.33. The normalized spacial score (nSPS) is 27.5. The summed E-state index contributed by atoms with van der Waals surface area (Å²) >= 11 is 0. The molecule has 3 nitrogen and oxygen atoms in total. The summed E-state index contributed by atoms with van der Waals surface area (Å²) in [5, 5.41) is 0. The lowest BCUT2D eigenvalue weighted by molar-refractivity contribution is -0.129. The van der Waals surface area contributed by atoms with Crippen LogP contribution in [0.25, 0.3) is 0 Å². The van der Waals surface area contributed by atoms with Crippen LogP contribution >= 0.6 is 0 Å². The molecule has 1 fully saturated rings. The van der Waals surface area contributed by atoms with Gasteiger partial charge in [-0.3, -0.25) is 4.79 Å². The third kappa shape index (κ3) is 0.816. The third-order valence-corrected chi connectivity index (χ3v) is 1.19. The fourth-order valence-electron chi connectivity index (χ4n) is 0.630. The molecule has 0 unspecified atom stereocenters. The molecule has 1 rings (SSSR count). The summed E-state index contributed by atoms with van der Waals surface area (Å²) in [5.41, 5.74) is 0. The number of likely N-dealkylation sites (tertiary alicyclic amines) is 1. The van der Waals surface area contributed by atoms with Crippen molar-refractivity contribution in [1.82, 2.24) is 4.90 Å². The van der Waals surface area contributed by atoms with E-state index in [0.29, 0.717) is 19.5 Å². The van der Waals surface area contributed by atoms with E-state index in [1.54, 1.807) is 0 Å². The van der Waals surface area contributed by atoms with E-state index in [9.17, 15) is 4.79 Å². The molecule has 46 valence electrons. The van der Waals surface area contributed by atoms with Gasteiger partial charge in [-0.2, -0.15) is 0 Å². The Labute approximate surface area is 52.4 Å². The van der Waals surface area contributed by atoms with Crippen LogP contribution in [-0.4, -0.2) is 37.5 Å². The molecule has 0 atom stereocenters. The molecule has 3 heteroatoms. The summed E-state index contributed by atoms with van der Waals surface area (Å²) in [4.78, 5) is 11.5. The Hall–Kier alpha value is -0.570. The van der Waals surface area contributed by atoms with Gasteiger partial charge in [0.15, 0.2) is 0 Å². The van der Waals surface area contributed by atoms with Crippen LogP contribution in [0.2, 0.25) is 0 Å². The van der Waals surface area contributed by atoms with E-state index in [4.69, 9.17) is 4.11 Å². The average molecular weight is 118 g/mol. The highest BCUT2D eigenvalue weighted by molar-refractivity contribution is 5.48. The zero-order chi connectivity index (χ0) is 8.48. The molecule has 0 saturated carbocycles. The van der Waals surface area contributed by atoms with Crippen molar-refractivity contribution in [2.45, 2.75) is 6.10 Å². The lowest BCUT2D eigenvalue weighted by atomic mass is 10.2. The van der Waals surface area contributed by atoms with Crippen molar-refractivity contribution in [2.24, 2.45) is 0 Å². The van der Waals surface area contributed by atoms with Crippen LogP contribution < -0.4 is 0 Å². The topological polar surface area (TPSA) is 29.5 Å². The molecule has 0 aliphatic carbocycles. The number of hydrogen-bond donors (Lipinski definition) is 0. The van der Waals surface area contributed by atoms with Crippen molar-refractivity contribution >= 4 is 6.41 Å². The van der Waals surface area contributed by atoms with Gasteiger partial charge < -0.3 is 9.64 Å². The maximum Gasteiger partial charge on any atom is 0.209 e. The molecule has 0 aromatic heterocycles. The van der Waals surface area contributed by atoms with Crippen molar-refractivity contribution in [3.8, 4) is 0 Å². The highest BCUT2D eigenvalue weighted by Crippen LogP contribution is 2.06. The Morgan fingerprint density at radius 2 is 2.75 bits per heavy atom. The van der Waals surface area contributed by atoms with Gasteiger partial charge in [-0.15, -0.1) is 0 Å². The molecule has 0 aromatic carbocycles. The van der Waals surface area contributed by atoms with Crippen LogP contribution in [0, 0.1) is 0 Å². The van der Waals surface area contributed by atoms with E-state index in [-0.39, 0.29) is 6.10 Å². The van der Waals surface area contributed by atoms with Crippen molar-refractivity contribution < 1.29 is 13.6 Å². The van der Waals surface area contributed by atoms with E-state index in [1.807, 2.05) is 0 Å². The molecule has 1 heterocycles. The Morgan fingerprint density at radius 3 is 3.25 bits per heavy atom. The molecular formula is C5H9NO2. The monoisotopic (exact) mass is 118 g/mol. The summed E-state index contributed by atoms with van der Waals surface area (Å²) in [5.74, 6) is 0. The number of hydrogen-bond acceptors (Lipinski definition) is 2. The van der Waals surface area contributed by atoms with Gasteiger partial charge in [0.2, 0.25) is 6.41 Å². The second-order valence-electron chi connectivity index (χ2n) is 1.80. The SMILES string of the molecule is [2H]C([2H])([2H])OC1CN(C=O)C1. The van der Waals surface area contributed by atoms with Gasteiger partial charge in [-0.25, -0.2) is 0 Å². The fourth-order valence-corrected chi connectivity index (χ4v) is 0.630. The van der Waals surface area contributed by atoms with Crippen LogP contribution in [0.15, 0.2) is 0 Å². The minimum Gasteiger partial charge on any atom is -0.378 e. The number of amides is 1. The molecular weight excluding hydrogens is 106 g/mol. The first-order chi connectivity index (χ1) is 5.01. The first-order valence-corrected chi connectivity index (χ1v) is 2.38. The Bertz CT molecular complexity index is 152. The minimum atomic E-state index is -2.33. The first-order valence-electron chi connectivity index (χ1n) is 3.88. The summed E-state index contributed by atoms with van der Waals surface area (Å²) in [6.07, 6.45) is 0.368. The maximum atomic E-state index is 10.0. The molecule has 0 bridgehead atoms. The predicted octanol–water partition coefficient (Wildman–Crippen LogP) is -0.527. The lowest BCUT2D eigenvalue weighted by Gasteiger charge is -2.34. The van der Waals surface area contributed by atoms with E-state index in [0.717, 1.165) is 0 Å². The number of methoxy groups -OCH3 is 1. The summed E-state index contributed by atoms with van der Waals surface area (Å²) in [7, 11) is -2.33. The Morgan fingerprint density at radius 1 is 2.00 bits per heavy atom. The van der Waals surface area contributed by atoms with Gasteiger partial charge in [-0.1, -0.05) is 0 Å². The first kappa shape index (κ1) is 2.82. The average Bonchev–Trinajstić information content (AvgIpc) is 1.75. The van der Waals surface area contributed by atoms with Crippen molar-refractivity contribution in [3.05, 3.63) is 0 Å². The van der Waals surface area contributed by atoms with E-state index in [1.165, 1.54) is 4.90 Å². The smallest absolute Gasteiger partial charge is 0.209 e. The molecule has 1 amide bonds. The molecule has 1 aliphatic rings. The third-order valence-electron chi connectivity index (χ3n) is 1.19. The maximum absolute atomic E-state index is 10.0. The van der Waals surface area contributed by atoms with Gasteiger partial charge in [0.25, 0.3) is 0 Å². The molecule has 0 aromatic rings. The Kier molecular flexibility index (Phi) is 0.753. The number of carbonyl (C=O) groups excluding carboxylic acids is 1. The highest BCUT2D eigenvalue weighted by atomic mass is 16.5. The lowest BCUT2D eigenvalue weighted by Crippen LogP contribution is -2.50. The van der Waals surface area contributed by atoms with Gasteiger partial charge in [0.1, 0.15) is 0 Å². The zero-order valence-corrected chi connectivity index (χ0v) is 4.33. The van der Waals surface area contributed by atoms with Crippen molar-refractivity contribution in [2.75, 3.05) is 20.1 Å². The summed E-state index contributed by atoms with van der Waals surface area (Å²) < 4.78 is 24.8. The molecule has 0 radical (unpaired) electrons. The number of nitrogens with zero attached hydrogens (tertiary/aromatic N) is 1. The summed E-state index contributed by atoms with van der Waals surface area (Å²) in [6.45, 7) is 0.782.